The molecule has 2 saturated heterocycles. The molecule has 150 valence electrons. The highest BCUT2D eigenvalue weighted by atomic mass is 79.9. The quantitative estimate of drug-likeness (QED) is 0.319. The highest BCUT2D eigenvalue weighted by Gasteiger charge is 2.72. The van der Waals surface area contributed by atoms with Gasteiger partial charge in [0.25, 0.3) is 0 Å². The van der Waals surface area contributed by atoms with Crippen molar-refractivity contribution in [3.63, 3.8) is 0 Å². The Balaban J connectivity index is 1.79. The topological polar surface area (TPSA) is 82.1 Å². The molecule has 0 aromatic rings. The third kappa shape index (κ3) is 2.28. The van der Waals surface area contributed by atoms with E-state index in [0.717, 1.165) is 6.42 Å². The number of carbonyl (C=O) groups is 3. The summed E-state index contributed by atoms with van der Waals surface area (Å²) in [6, 6.07) is 0. The molecule has 0 aromatic heterocycles. The predicted octanol–water partition coefficient (Wildman–Crippen LogP) is 2.46. The van der Waals surface area contributed by atoms with Crippen LogP contribution in [0.15, 0.2) is 0 Å². The fourth-order valence-corrected chi connectivity index (χ4v) is 6.07. The highest BCUT2D eigenvalue weighted by Crippen LogP contribution is 2.67. The minimum atomic E-state index is -4.10. The highest BCUT2D eigenvalue weighted by molar-refractivity contribution is 9.09. The summed E-state index contributed by atoms with van der Waals surface area (Å²) in [5.41, 5.74) is -1.49. The first-order valence-corrected chi connectivity index (χ1v) is 9.81. The van der Waals surface area contributed by atoms with Crippen LogP contribution in [0.5, 0.6) is 0 Å². The van der Waals surface area contributed by atoms with Gasteiger partial charge in [-0.3, -0.25) is 4.79 Å². The first-order valence-electron chi connectivity index (χ1n) is 8.90. The summed E-state index contributed by atoms with van der Waals surface area (Å²) in [4.78, 5) is 36.9. The van der Waals surface area contributed by atoms with Crippen LogP contribution in [0.25, 0.3) is 0 Å². The average Bonchev–Trinajstić information content (AvgIpc) is 3.12. The van der Waals surface area contributed by atoms with Crippen molar-refractivity contribution in [3.8, 4) is 0 Å². The van der Waals surface area contributed by atoms with Crippen LogP contribution < -0.4 is 0 Å². The molecule has 0 N–H and O–H groups in total. The second kappa shape index (κ2) is 5.85. The van der Waals surface area contributed by atoms with Crippen molar-refractivity contribution in [1.82, 2.24) is 4.90 Å². The summed E-state index contributed by atoms with van der Waals surface area (Å²) in [5, 5.41) is 0. The lowest BCUT2D eigenvalue weighted by molar-refractivity contribution is -0.190. The van der Waals surface area contributed by atoms with Gasteiger partial charge in [0.15, 0.2) is 0 Å². The van der Waals surface area contributed by atoms with Crippen molar-refractivity contribution in [1.29, 1.82) is 0 Å². The van der Waals surface area contributed by atoms with Gasteiger partial charge in [-0.2, -0.15) is 8.78 Å². The Kier molecular flexibility index (Phi) is 4.13. The predicted molar refractivity (Wildman–Crippen MR) is 89.0 cm³/mol. The number of imide groups is 1. The van der Waals surface area contributed by atoms with Crippen LogP contribution >= 0.6 is 15.9 Å². The molecule has 10 heteroatoms. The summed E-state index contributed by atoms with van der Waals surface area (Å²) >= 11 is 2.99. The average molecular weight is 452 g/mol. The summed E-state index contributed by atoms with van der Waals surface area (Å²) < 4.78 is 44.2. The molecule has 2 amide bonds. The van der Waals surface area contributed by atoms with E-state index in [1.165, 1.54) is 0 Å². The molecule has 4 fully saturated rings. The van der Waals surface area contributed by atoms with E-state index in [-0.39, 0.29) is 19.1 Å². The Morgan fingerprint density at radius 1 is 1.19 bits per heavy atom. The van der Waals surface area contributed by atoms with Gasteiger partial charge >= 0.3 is 18.0 Å². The van der Waals surface area contributed by atoms with Gasteiger partial charge in [-0.05, 0) is 30.6 Å². The third-order valence-electron chi connectivity index (χ3n) is 6.89. The first-order chi connectivity index (χ1) is 12.5. The van der Waals surface area contributed by atoms with Gasteiger partial charge in [-0.1, -0.05) is 29.8 Å². The Bertz CT molecular complexity index is 716. The standard InChI is InChI=1S/C17H20BrF2NO6/c1-15(2)8-3-4-16(15)9(7-8)25-5-6-26-13(23)17(19,20)10-11(18)21(12(16)22)14(24)27-10/h8-11H,3-7H2,1-2H3/t8-,9+,10+,11+,16-/m0/s1. The summed E-state index contributed by atoms with van der Waals surface area (Å²) in [7, 11) is 0. The number of fused-ring (bicyclic) bond motifs is 3. The maximum Gasteiger partial charge on any atom is 0.418 e. The molecule has 2 aliphatic carbocycles. The zero-order valence-electron chi connectivity index (χ0n) is 14.9. The SMILES string of the molecule is CC1(C)[C@H]2CC[C@]13C(=O)N1C(=O)O[C@H]([C@@H]1Br)C(F)(F)C(=O)OCCO[C@@H]3C2. The van der Waals surface area contributed by atoms with Crippen LogP contribution in [0.2, 0.25) is 0 Å². The number of cyclic esters (lactones) is 1. The smallest absolute Gasteiger partial charge is 0.418 e. The summed E-state index contributed by atoms with van der Waals surface area (Å²) in [5.74, 6) is -6.29. The molecule has 0 radical (unpaired) electrons. The molecule has 7 nitrogen and oxygen atoms in total. The second-order valence-corrected chi connectivity index (χ2v) is 9.07. The summed E-state index contributed by atoms with van der Waals surface area (Å²) in [6.07, 6.45) is -1.91. The Labute approximate surface area is 162 Å². The summed E-state index contributed by atoms with van der Waals surface area (Å²) in [6.45, 7) is 3.45. The van der Waals surface area contributed by atoms with Crippen molar-refractivity contribution in [3.05, 3.63) is 0 Å². The number of amides is 2. The van der Waals surface area contributed by atoms with E-state index in [1.807, 2.05) is 13.8 Å². The van der Waals surface area contributed by atoms with Crippen LogP contribution in [-0.2, 0) is 23.8 Å². The number of ether oxygens (including phenoxy) is 3. The minimum absolute atomic E-state index is 0.0957. The van der Waals surface area contributed by atoms with E-state index >= 15 is 0 Å². The van der Waals surface area contributed by atoms with Gasteiger partial charge in [0.05, 0.1) is 18.1 Å². The molecule has 0 unspecified atom stereocenters. The van der Waals surface area contributed by atoms with Crippen LogP contribution in [-0.4, -0.2) is 59.2 Å². The van der Waals surface area contributed by atoms with Gasteiger partial charge in [0, 0.05) is 0 Å². The molecular weight excluding hydrogens is 432 g/mol. The Morgan fingerprint density at radius 3 is 2.56 bits per heavy atom. The van der Waals surface area contributed by atoms with Crippen LogP contribution in [0, 0.1) is 16.7 Å². The fraction of sp³-hybridized carbons (Fsp3) is 0.824. The molecule has 5 atom stereocenters. The number of alkyl halides is 3. The van der Waals surface area contributed by atoms with Gasteiger partial charge in [-0.15, -0.1) is 0 Å². The molecule has 2 saturated carbocycles. The lowest BCUT2D eigenvalue weighted by Crippen LogP contribution is -2.57. The Hall–Kier alpha value is -1.29. The zero-order valence-corrected chi connectivity index (χ0v) is 16.5. The van der Waals surface area contributed by atoms with E-state index < -0.39 is 51.9 Å². The molecule has 1 spiro atoms. The molecular formula is C17H20BrF2NO6. The largest absolute Gasteiger partial charge is 0.459 e. The third-order valence-corrected chi connectivity index (χ3v) is 7.78. The maximum atomic E-state index is 14.5. The minimum Gasteiger partial charge on any atom is -0.459 e. The molecule has 0 aromatic carbocycles. The van der Waals surface area contributed by atoms with Crippen molar-refractivity contribution < 1.29 is 37.4 Å². The van der Waals surface area contributed by atoms with Crippen molar-refractivity contribution in [2.24, 2.45) is 16.7 Å². The van der Waals surface area contributed by atoms with E-state index in [4.69, 9.17) is 9.47 Å². The van der Waals surface area contributed by atoms with Gasteiger partial charge in [-0.25, -0.2) is 14.5 Å². The van der Waals surface area contributed by atoms with Crippen molar-refractivity contribution in [2.45, 2.75) is 56.2 Å². The van der Waals surface area contributed by atoms with E-state index in [0.29, 0.717) is 17.7 Å². The molecule has 4 rings (SSSR count). The Morgan fingerprint density at radius 2 is 1.89 bits per heavy atom. The van der Waals surface area contributed by atoms with Crippen LogP contribution in [0.1, 0.15) is 33.1 Å². The molecule has 27 heavy (non-hydrogen) atoms. The van der Waals surface area contributed by atoms with Crippen molar-refractivity contribution in [2.75, 3.05) is 13.2 Å². The molecule has 4 aliphatic rings. The number of rotatable bonds is 0. The lowest BCUT2D eigenvalue weighted by atomic mass is 9.67. The normalized spacial score (nSPS) is 42.9. The number of hydrogen-bond donors (Lipinski definition) is 0. The van der Waals surface area contributed by atoms with Crippen LogP contribution in [0.3, 0.4) is 0 Å². The molecule has 4 bridgehead atoms. The van der Waals surface area contributed by atoms with E-state index in [2.05, 4.69) is 20.7 Å². The monoisotopic (exact) mass is 451 g/mol. The fourth-order valence-electron chi connectivity index (χ4n) is 5.28. The number of halogens is 3. The van der Waals surface area contributed by atoms with E-state index in [1.54, 1.807) is 0 Å². The maximum absolute atomic E-state index is 14.5. The lowest BCUT2D eigenvalue weighted by Gasteiger charge is -2.42. The van der Waals surface area contributed by atoms with Gasteiger partial charge in [0.1, 0.15) is 11.6 Å². The second-order valence-electron chi connectivity index (χ2n) is 8.13. The van der Waals surface area contributed by atoms with E-state index in [9.17, 15) is 23.2 Å². The molecule has 2 aliphatic heterocycles. The van der Waals surface area contributed by atoms with Gasteiger partial charge < -0.3 is 14.2 Å². The zero-order chi connectivity index (χ0) is 19.8. The molecule has 2 heterocycles. The first kappa shape index (κ1) is 19.0. The number of carbonyl (C=O) groups excluding carboxylic acids is 3. The number of nitrogens with zero attached hydrogens (tertiary/aromatic N) is 1. The number of esters is 1. The van der Waals surface area contributed by atoms with Crippen molar-refractivity contribution >= 4 is 33.9 Å². The number of hydrogen-bond acceptors (Lipinski definition) is 6. The van der Waals surface area contributed by atoms with Crippen LogP contribution in [0.4, 0.5) is 13.6 Å². The van der Waals surface area contributed by atoms with Gasteiger partial charge in [0.2, 0.25) is 12.0 Å².